The van der Waals surface area contributed by atoms with Gasteiger partial charge in [-0.3, -0.25) is 9.27 Å². The Morgan fingerprint density at radius 1 is 0.885 bits per heavy atom. The Kier molecular flexibility index (Phi) is 4.26. The third-order valence-electron chi connectivity index (χ3n) is 3.72. The lowest BCUT2D eigenvalue weighted by molar-refractivity contribution is 0.482. The van der Waals surface area contributed by atoms with E-state index >= 15 is 0 Å². The summed E-state index contributed by atoms with van der Waals surface area (Å²) in [5, 5.41) is 11.0. The Labute approximate surface area is 149 Å². The second-order valence-electron chi connectivity index (χ2n) is 5.43. The second-order valence-corrected chi connectivity index (χ2v) is 8.48. The van der Waals surface area contributed by atoms with Crippen LogP contribution in [0.1, 0.15) is 0 Å². The van der Waals surface area contributed by atoms with Crippen LogP contribution in [0, 0.1) is 0 Å². The number of anilines is 2. The van der Waals surface area contributed by atoms with Crippen LogP contribution < -0.4 is 10.5 Å². The van der Waals surface area contributed by atoms with Crippen molar-refractivity contribution in [3.8, 4) is 5.75 Å². The largest absolute Gasteiger partial charge is 0.505 e. The van der Waals surface area contributed by atoms with E-state index in [9.17, 15) is 26.5 Å². The lowest BCUT2D eigenvalue weighted by Gasteiger charge is -2.14. The quantitative estimate of drug-likeness (QED) is 0.301. The smallest absolute Gasteiger partial charge is 0.296 e. The summed E-state index contributed by atoms with van der Waals surface area (Å²) >= 11 is 0. The molecule has 0 amide bonds. The summed E-state index contributed by atoms with van der Waals surface area (Å²) in [6, 6.07) is 12.7. The average molecular weight is 394 g/mol. The first-order valence-corrected chi connectivity index (χ1v) is 10.1. The summed E-state index contributed by atoms with van der Waals surface area (Å²) in [7, 11) is -9.00. The fourth-order valence-corrected chi connectivity index (χ4v) is 4.48. The fourth-order valence-electron chi connectivity index (χ4n) is 2.52. The minimum Gasteiger partial charge on any atom is -0.505 e. The van der Waals surface area contributed by atoms with Gasteiger partial charge >= 0.3 is 0 Å². The van der Waals surface area contributed by atoms with Crippen LogP contribution in [0.3, 0.4) is 0 Å². The van der Waals surface area contributed by atoms with Gasteiger partial charge in [-0.25, -0.2) is 8.42 Å². The third kappa shape index (κ3) is 3.17. The minimum absolute atomic E-state index is 0.345. The second kappa shape index (κ2) is 6.16. The van der Waals surface area contributed by atoms with E-state index in [2.05, 4.69) is 4.72 Å². The third-order valence-corrected chi connectivity index (χ3v) is 6.04. The van der Waals surface area contributed by atoms with E-state index in [1.807, 2.05) is 0 Å². The van der Waals surface area contributed by atoms with Crippen molar-refractivity contribution in [3.05, 3.63) is 54.6 Å². The van der Waals surface area contributed by atoms with Crippen molar-refractivity contribution >= 4 is 42.3 Å². The molecule has 0 bridgehead atoms. The SMILES string of the molecule is Nc1c(S(=O)(=O)Nc2ccccc2S(=O)(=O)O)cc2ccccc2c1O. The molecule has 8 nitrogen and oxygen atoms in total. The van der Waals surface area contributed by atoms with Crippen LogP contribution in [0.15, 0.2) is 64.4 Å². The lowest BCUT2D eigenvalue weighted by Crippen LogP contribution is -2.17. The number of nitrogen functional groups attached to an aromatic ring is 1. The highest BCUT2D eigenvalue weighted by Crippen LogP contribution is 2.37. The Hall–Kier alpha value is -2.82. The molecule has 3 aromatic rings. The first-order chi connectivity index (χ1) is 12.1. The van der Waals surface area contributed by atoms with Gasteiger partial charge in [0.15, 0.2) is 0 Å². The number of rotatable bonds is 4. The number of nitrogens with two attached hydrogens (primary N) is 1. The zero-order valence-electron chi connectivity index (χ0n) is 13.1. The van der Waals surface area contributed by atoms with E-state index < -0.39 is 35.7 Å². The number of nitrogens with one attached hydrogen (secondary N) is 1. The molecule has 0 unspecified atom stereocenters. The molecule has 0 saturated carbocycles. The molecule has 3 aromatic carbocycles. The maximum absolute atomic E-state index is 12.7. The molecule has 0 aliphatic rings. The molecule has 5 N–H and O–H groups in total. The summed E-state index contributed by atoms with van der Waals surface area (Å²) < 4.78 is 59.6. The standard InChI is InChI=1S/C16H14N2O6S2/c17-15-14(9-10-5-1-2-6-11(10)16(15)19)25(20,21)18-12-7-3-4-8-13(12)26(22,23)24/h1-9,18-19H,17H2,(H,22,23,24). The fraction of sp³-hybridized carbons (Fsp3) is 0. The molecule has 0 aliphatic heterocycles. The number of fused-ring (bicyclic) bond motifs is 1. The molecular weight excluding hydrogens is 380 g/mol. The molecule has 0 atom stereocenters. The van der Waals surface area contributed by atoms with Gasteiger partial charge in [0.1, 0.15) is 15.5 Å². The Morgan fingerprint density at radius 3 is 2.19 bits per heavy atom. The van der Waals surface area contributed by atoms with E-state index in [1.165, 1.54) is 24.3 Å². The molecule has 0 aliphatic carbocycles. The van der Waals surface area contributed by atoms with E-state index in [0.717, 1.165) is 6.07 Å². The van der Waals surface area contributed by atoms with Gasteiger partial charge in [0.2, 0.25) is 0 Å². The van der Waals surface area contributed by atoms with Crippen LogP contribution in [0.5, 0.6) is 5.75 Å². The normalized spacial score (nSPS) is 12.2. The highest BCUT2D eigenvalue weighted by Gasteiger charge is 2.24. The summed E-state index contributed by atoms with van der Waals surface area (Å²) in [4.78, 5) is -1.02. The predicted octanol–water partition coefficient (Wildman–Crippen LogP) is 2.18. The van der Waals surface area contributed by atoms with Gasteiger partial charge in [-0.15, -0.1) is 0 Å². The topological polar surface area (TPSA) is 147 Å². The first-order valence-electron chi connectivity index (χ1n) is 7.21. The lowest BCUT2D eigenvalue weighted by atomic mass is 10.1. The number of hydrogen-bond acceptors (Lipinski definition) is 6. The Balaban J connectivity index is 2.17. The van der Waals surface area contributed by atoms with Crippen molar-refractivity contribution in [3.63, 3.8) is 0 Å². The van der Waals surface area contributed by atoms with Gasteiger partial charge < -0.3 is 10.8 Å². The number of benzene rings is 3. The Morgan fingerprint density at radius 2 is 1.50 bits per heavy atom. The van der Waals surface area contributed by atoms with Crippen LogP contribution in [-0.4, -0.2) is 26.5 Å². The van der Waals surface area contributed by atoms with Crippen LogP contribution in [-0.2, 0) is 20.1 Å². The summed E-state index contributed by atoms with van der Waals surface area (Å²) in [5.41, 5.74) is 5.06. The van der Waals surface area contributed by atoms with Crippen molar-refractivity contribution in [2.45, 2.75) is 9.79 Å². The molecule has 0 spiro atoms. The maximum atomic E-state index is 12.7. The summed E-state index contributed by atoms with van der Waals surface area (Å²) in [6.07, 6.45) is 0. The van der Waals surface area contributed by atoms with Gasteiger partial charge in [0.25, 0.3) is 20.1 Å². The number of phenolic OH excluding ortho intramolecular Hbond substituents is 1. The van der Waals surface area contributed by atoms with Crippen molar-refractivity contribution < 1.29 is 26.5 Å². The molecule has 0 heterocycles. The highest BCUT2D eigenvalue weighted by molar-refractivity contribution is 7.93. The average Bonchev–Trinajstić information content (AvgIpc) is 2.57. The number of sulfonamides is 1. The van der Waals surface area contributed by atoms with Crippen molar-refractivity contribution in [2.24, 2.45) is 0 Å². The molecule has 10 heteroatoms. The molecule has 136 valence electrons. The number of phenols is 1. The van der Waals surface area contributed by atoms with Crippen LogP contribution in [0.2, 0.25) is 0 Å². The van der Waals surface area contributed by atoms with Crippen LogP contribution >= 0.6 is 0 Å². The predicted molar refractivity (Wildman–Crippen MR) is 97.1 cm³/mol. The van der Waals surface area contributed by atoms with Gasteiger partial charge in [0.05, 0.1) is 11.4 Å². The molecular formula is C16H14N2O6S2. The molecule has 0 fully saturated rings. The Bertz CT molecular complexity index is 1220. The number of para-hydroxylation sites is 1. The van der Waals surface area contributed by atoms with E-state index in [-0.39, 0.29) is 11.4 Å². The van der Waals surface area contributed by atoms with Crippen molar-refractivity contribution in [1.82, 2.24) is 0 Å². The minimum atomic E-state index is -4.65. The van der Waals surface area contributed by atoms with E-state index in [1.54, 1.807) is 24.3 Å². The maximum Gasteiger partial charge on any atom is 0.296 e. The van der Waals surface area contributed by atoms with Gasteiger partial charge in [-0.2, -0.15) is 8.42 Å². The van der Waals surface area contributed by atoms with Crippen LogP contribution in [0.25, 0.3) is 10.8 Å². The number of aromatic hydroxyl groups is 1. The van der Waals surface area contributed by atoms with Gasteiger partial charge in [-0.1, -0.05) is 36.4 Å². The van der Waals surface area contributed by atoms with E-state index in [0.29, 0.717) is 10.8 Å². The van der Waals surface area contributed by atoms with E-state index in [4.69, 9.17) is 5.73 Å². The number of hydrogen-bond donors (Lipinski definition) is 4. The molecule has 3 rings (SSSR count). The monoisotopic (exact) mass is 394 g/mol. The van der Waals surface area contributed by atoms with Gasteiger partial charge in [-0.05, 0) is 23.6 Å². The zero-order chi connectivity index (χ0) is 19.1. The van der Waals surface area contributed by atoms with Gasteiger partial charge in [0, 0.05) is 5.39 Å². The summed E-state index contributed by atoms with van der Waals surface area (Å²) in [5.74, 6) is -0.397. The highest BCUT2D eigenvalue weighted by atomic mass is 32.2. The molecule has 0 aromatic heterocycles. The van der Waals surface area contributed by atoms with Crippen LogP contribution in [0.4, 0.5) is 11.4 Å². The van der Waals surface area contributed by atoms with Crippen molar-refractivity contribution in [1.29, 1.82) is 0 Å². The van der Waals surface area contributed by atoms with Crippen molar-refractivity contribution in [2.75, 3.05) is 10.5 Å². The zero-order valence-corrected chi connectivity index (χ0v) is 14.8. The first kappa shape index (κ1) is 18.0. The molecule has 0 radical (unpaired) electrons. The molecule has 26 heavy (non-hydrogen) atoms. The molecule has 0 saturated heterocycles. The summed E-state index contributed by atoms with van der Waals surface area (Å²) in [6.45, 7) is 0.